The molecule has 2 aliphatic heterocycles. The van der Waals surface area contributed by atoms with Crippen molar-refractivity contribution in [3.8, 4) is 5.75 Å². The monoisotopic (exact) mass is 335 g/mol. The van der Waals surface area contributed by atoms with Crippen LogP contribution in [-0.2, 0) is 6.54 Å². The first-order valence-electron chi connectivity index (χ1n) is 9.16. The van der Waals surface area contributed by atoms with Crippen LogP contribution in [0.5, 0.6) is 5.75 Å². The number of fused-ring (bicyclic) bond motifs is 3. The van der Waals surface area contributed by atoms with Gasteiger partial charge in [0, 0.05) is 50.9 Å². The van der Waals surface area contributed by atoms with Crippen LogP contribution in [-0.4, -0.2) is 43.4 Å². The van der Waals surface area contributed by atoms with Crippen molar-refractivity contribution >= 4 is 17.6 Å². The van der Waals surface area contributed by atoms with Crippen molar-refractivity contribution in [2.45, 2.75) is 25.9 Å². The number of piperazine rings is 1. The SMILES string of the molecule is CCOc1ccc2c(c1)N1CCN(Cc3ccccc3)C[C@@H]1CC=N2. The summed E-state index contributed by atoms with van der Waals surface area (Å²) in [4.78, 5) is 9.76. The number of hydrogen-bond acceptors (Lipinski definition) is 4. The van der Waals surface area contributed by atoms with Gasteiger partial charge in [-0.3, -0.25) is 9.89 Å². The highest BCUT2D eigenvalue weighted by Crippen LogP contribution is 2.37. The number of benzene rings is 2. The van der Waals surface area contributed by atoms with Gasteiger partial charge in [0.15, 0.2) is 0 Å². The van der Waals surface area contributed by atoms with E-state index in [1.54, 1.807) is 0 Å². The zero-order chi connectivity index (χ0) is 17.1. The van der Waals surface area contributed by atoms with E-state index >= 15 is 0 Å². The third-order valence-electron chi connectivity index (χ3n) is 4.99. The molecule has 0 radical (unpaired) electrons. The van der Waals surface area contributed by atoms with Crippen LogP contribution in [0.2, 0.25) is 0 Å². The topological polar surface area (TPSA) is 28.1 Å². The van der Waals surface area contributed by atoms with Crippen molar-refractivity contribution in [1.29, 1.82) is 0 Å². The normalized spacial score (nSPS) is 19.9. The standard InChI is InChI=1S/C21H25N3O/c1-2-25-19-8-9-20-21(14-19)24-13-12-23(16-18(24)10-11-22-20)15-17-6-4-3-5-7-17/h3-9,11,14,18H,2,10,12-13,15-16H2,1H3/t18-/m0/s1. The Bertz CT molecular complexity index is 744. The van der Waals surface area contributed by atoms with Gasteiger partial charge >= 0.3 is 0 Å². The van der Waals surface area contributed by atoms with Crippen LogP contribution in [0.4, 0.5) is 11.4 Å². The van der Waals surface area contributed by atoms with E-state index in [1.807, 2.05) is 13.0 Å². The second-order valence-electron chi connectivity index (χ2n) is 6.70. The molecule has 1 atom stereocenters. The number of anilines is 1. The molecular weight excluding hydrogens is 310 g/mol. The lowest BCUT2D eigenvalue weighted by Crippen LogP contribution is -2.52. The van der Waals surface area contributed by atoms with E-state index in [4.69, 9.17) is 4.74 Å². The molecule has 0 bridgehead atoms. The van der Waals surface area contributed by atoms with Crippen LogP contribution < -0.4 is 9.64 Å². The molecule has 2 aromatic carbocycles. The predicted molar refractivity (Wildman–Crippen MR) is 103 cm³/mol. The first-order chi connectivity index (χ1) is 12.3. The number of ether oxygens (including phenoxy) is 1. The summed E-state index contributed by atoms with van der Waals surface area (Å²) in [5.74, 6) is 0.934. The minimum absolute atomic E-state index is 0.472. The van der Waals surface area contributed by atoms with E-state index < -0.39 is 0 Å². The van der Waals surface area contributed by atoms with Crippen LogP contribution in [0.15, 0.2) is 53.5 Å². The summed E-state index contributed by atoms with van der Waals surface area (Å²) in [5.41, 5.74) is 3.66. The second-order valence-corrected chi connectivity index (χ2v) is 6.70. The average molecular weight is 335 g/mol. The Morgan fingerprint density at radius 2 is 2.00 bits per heavy atom. The lowest BCUT2D eigenvalue weighted by molar-refractivity contribution is 0.217. The van der Waals surface area contributed by atoms with Gasteiger partial charge in [0.1, 0.15) is 5.75 Å². The third-order valence-corrected chi connectivity index (χ3v) is 4.99. The highest BCUT2D eigenvalue weighted by atomic mass is 16.5. The fourth-order valence-corrected chi connectivity index (χ4v) is 3.80. The van der Waals surface area contributed by atoms with Crippen LogP contribution >= 0.6 is 0 Å². The Balaban J connectivity index is 1.52. The van der Waals surface area contributed by atoms with Gasteiger partial charge in [-0.25, -0.2) is 0 Å². The highest BCUT2D eigenvalue weighted by molar-refractivity contribution is 5.78. The molecule has 4 nitrogen and oxygen atoms in total. The maximum Gasteiger partial charge on any atom is 0.121 e. The molecule has 4 rings (SSSR count). The first-order valence-corrected chi connectivity index (χ1v) is 9.16. The van der Waals surface area contributed by atoms with E-state index in [0.717, 1.165) is 44.0 Å². The molecule has 0 N–H and O–H groups in total. The van der Waals surface area contributed by atoms with Crippen molar-refractivity contribution in [2.75, 3.05) is 31.1 Å². The van der Waals surface area contributed by atoms with Crippen LogP contribution in [0.3, 0.4) is 0 Å². The molecule has 2 aliphatic rings. The van der Waals surface area contributed by atoms with Crippen LogP contribution in [0.25, 0.3) is 0 Å². The molecule has 4 heteroatoms. The van der Waals surface area contributed by atoms with E-state index in [1.165, 1.54) is 11.3 Å². The highest BCUT2D eigenvalue weighted by Gasteiger charge is 2.29. The van der Waals surface area contributed by atoms with E-state index in [-0.39, 0.29) is 0 Å². The van der Waals surface area contributed by atoms with Gasteiger partial charge in [0.25, 0.3) is 0 Å². The van der Waals surface area contributed by atoms with Gasteiger partial charge < -0.3 is 9.64 Å². The number of rotatable bonds is 4. The van der Waals surface area contributed by atoms with Crippen molar-refractivity contribution in [1.82, 2.24) is 4.90 Å². The number of nitrogens with zero attached hydrogens (tertiary/aromatic N) is 3. The summed E-state index contributed by atoms with van der Waals surface area (Å²) in [6.45, 7) is 6.91. The Morgan fingerprint density at radius 1 is 1.12 bits per heavy atom. The quantitative estimate of drug-likeness (QED) is 0.849. The number of aliphatic imine (C=N–C) groups is 1. The summed E-state index contributed by atoms with van der Waals surface area (Å²) in [7, 11) is 0. The molecule has 1 saturated heterocycles. The molecule has 0 saturated carbocycles. The average Bonchev–Trinajstić information content (AvgIpc) is 2.81. The van der Waals surface area contributed by atoms with Crippen LogP contribution in [0, 0.1) is 0 Å². The maximum atomic E-state index is 5.70. The molecule has 0 unspecified atom stereocenters. The second kappa shape index (κ2) is 7.28. The fourth-order valence-electron chi connectivity index (χ4n) is 3.80. The van der Waals surface area contributed by atoms with Gasteiger partial charge in [-0.05, 0) is 24.6 Å². The van der Waals surface area contributed by atoms with Gasteiger partial charge in [0.2, 0.25) is 0 Å². The zero-order valence-corrected chi connectivity index (χ0v) is 14.8. The van der Waals surface area contributed by atoms with Crippen molar-refractivity contribution < 1.29 is 4.74 Å². The Kier molecular flexibility index (Phi) is 4.70. The molecular formula is C21H25N3O. The molecule has 25 heavy (non-hydrogen) atoms. The minimum Gasteiger partial charge on any atom is -0.494 e. The summed E-state index contributed by atoms with van der Waals surface area (Å²) >= 11 is 0. The largest absolute Gasteiger partial charge is 0.494 e. The van der Waals surface area contributed by atoms with E-state index in [2.05, 4.69) is 63.5 Å². The lowest BCUT2D eigenvalue weighted by atomic mass is 10.1. The maximum absolute atomic E-state index is 5.70. The van der Waals surface area contributed by atoms with Gasteiger partial charge in [-0.2, -0.15) is 0 Å². The van der Waals surface area contributed by atoms with Gasteiger partial charge in [0.05, 0.1) is 18.0 Å². The molecule has 2 aromatic rings. The van der Waals surface area contributed by atoms with Gasteiger partial charge in [-0.1, -0.05) is 30.3 Å². The summed E-state index contributed by atoms with van der Waals surface area (Å²) in [5, 5.41) is 0. The summed E-state index contributed by atoms with van der Waals surface area (Å²) in [6.07, 6.45) is 3.07. The molecule has 0 aromatic heterocycles. The Hall–Kier alpha value is -2.33. The third kappa shape index (κ3) is 3.54. The van der Waals surface area contributed by atoms with Gasteiger partial charge in [-0.15, -0.1) is 0 Å². The molecule has 130 valence electrons. The molecule has 1 fully saturated rings. The Morgan fingerprint density at radius 3 is 2.84 bits per heavy atom. The zero-order valence-electron chi connectivity index (χ0n) is 14.8. The number of hydrogen-bond donors (Lipinski definition) is 0. The molecule has 0 amide bonds. The van der Waals surface area contributed by atoms with Crippen molar-refractivity contribution in [3.05, 3.63) is 54.1 Å². The molecule has 0 spiro atoms. The molecule has 2 heterocycles. The summed E-state index contributed by atoms with van der Waals surface area (Å²) in [6, 6.07) is 17.5. The smallest absolute Gasteiger partial charge is 0.121 e. The Labute approximate surface area is 149 Å². The van der Waals surface area contributed by atoms with Crippen LogP contribution in [0.1, 0.15) is 18.9 Å². The van der Waals surface area contributed by atoms with Crippen molar-refractivity contribution in [3.63, 3.8) is 0 Å². The lowest BCUT2D eigenvalue weighted by Gasteiger charge is -2.42. The molecule has 0 aliphatic carbocycles. The fraction of sp³-hybridized carbons (Fsp3) is 0.381. The van der Waals surface area contributed by atoms with E-state index in [9.17, 15) is 0 Å². The summed E-state index contributed by atoms with van der Waals surface area (Å²) < 4.78 is 5.70. The van der Waals surface area contributed by atoms with Crippen molar-refractivity contribution in [2.24, 2.45) is 4.99 Å². The van der Waals surface area contributed by atoms with E-state index in [0.29, 0.717) is 12.6 Å². The predicted octanol–water partition coefficient (Wildman–Crippen LogP) is 3.88. The minimum atomic E-state index is 0.472. The first kappa shape index (κ1) is 16.2.